The summed E-state index contributed by atoms with van der Waals surface area (Å²) in [5.74, 6) is -0.635. The van der Waals surface area contributed by atoms with Gasteiger partial charge in [-0.15, -0.1) is 0 Å². The molecule has 0 bridgehead atoms. The molecule has 110 valence electrons. The minimum Gasteiger partial charge on any atom is -0.348 e. The SMILES string of the molecule is CC1(C)OC[C@H](CN2Cc3cc(Br)ccc3S2(=O)=O)O1. The molecule has 0 radical (unpaired) electrons. The molecule has 20 heavy (non-hydrogen) atoms. The first-order chi connectivity index (χ1) is 9.28. The van der Waals surface area contributed by atoms with Gasteiger partial charge < -0.3 is 9.47 Å². The molecule has 2 aliphatic rings. The van der Waals surface area contributed by atoms with Gasteiger partial charge in [0.2, 0.25) is 10.0 Å². The molecule has 0 spiro atoms. The van der Waals surface area contributed by atoms with Gasteiger partial charge in [-0.05, 0) is 37.6 Å². The van der Waals surface area contributed by atoms with Gasteiger partial charge in [-0.3, -0.25) is 0 Å². The molecular weight excluding hydrogens is 346 g/mol. The van der Waals surface area contributed by atoms with Crippen LogP contribution in [0.5, 0.6) is 0 Å². The summed E-state index contributed by atoms with van der Waals surface area (Å²) in [6, 6.07) is 5.24. The van der Waals surface area contributed by atoms with Crippen molar-refractivity contribution < 1.29 is 17.9 Å². The van der Waals surface area contributed by atoms with Crippen molar-refractivity contribution in [1.82, 2.24) is 4.31 Å². The Labute approximate surface area is 127 Å². The zero-order valence-electron chi connectivity index (χ0n) is 11.3. The van der Waals surface area contributed by atoms with Crippen LogP contribution in [-0.4, -0.2) is 37.8 Å². The molecule has 2 aliphatic heterocycles. The summed E-state index contributed by atoms with van der Waals surface area (Å²) in [5, 5.41) is 0. The summed E-state index contributed by atoms with van der Waals surface area (Å²) in [6.45, 7) is 4.78. The molecule has 5 nitrogen and oxygen atoms in total. The van der Waals surface area contributed by atoms with Crippen LogP contribution in [0.2, 0.25) is 0 Å². The fourth-order valence-corrected chi connectivity index (χ4v) is 4.63. The third-order valence-corrected chi connectivity index (χ3v) is 5.87. The highest BCUT2D eigenvalue weighted by Crippen LogP contribution is 2.33. The van der Waals surface area contributed by atoms with Crippen LogP contribution >= 0.6 is 15.9 Å². The summed E-state index contributed by atoms with van der Waals surface area (Å²) in [7, 11) is -3.41. The predicted molar refractivity (Wildman–Crippen MR) is 76.6 cm³/mol. The fraction of sp³-hybridized carbons (Fsp3) is 0.538. The topological polar surface area (TPSA) is 55.8 Å². The van der Waals surface area contributed by atoms with Crippen LogP contribution in [0.1, 0.15) is 19.4 Å². The Morgan fingerprint density at radius 1 is 1.45 bits per heavy atom. The van der Waals surface area contributed by atoms with Crippen LogP contribution in [0.3, 0.4) is 0 Å². The average molecular weight is 362 g/mol. The lowest BCUT2D eigenvalue weighted by Gasteiger charge is -2.20. The second kappa shape index (κ2) is 4.78. The normalized spacial score (nSPS) is 27.6. The van der Waals surface area contributed by atoms with Crippen molar-refractivity contribution in [2.75, 3.05) is 13.2 Å². The maximum atomic E-state index is 12.5. The lowest BCUT2D eigenvalue weighted by molar-refractivity contribution is -0.139. The third kappa shape index (κ3) is 2.53. The maximum Gasteiger partial charge on any atom is 0.243 e. The first-order valence-corrected chi connectivity index (χ1v) is 8.62. The maximum absolute atomic E-state index is 12.5. The van der Waals surface area contributed by atoms with E-state index < -0.39 is 15.8 Å². The first kappa shape index (κ1) is 14.5. The minimum atomic E-state index is -3.41. The van der Waals surface area contributed by atoms with Gasteiger partial charge in [0.05, 0.1) is 17.6 Å². The molecule has 0 aliphatic carbocycles. The molecule has 0 N–H and O–H groups in total. The third-order valence-electron chi connectivity index (χ3n) is 3.46. The number of halogens is 1. The van der Waals surface area contributed by atoms with Crippen LogP contribution in [0, 0.1) is 0 Å². The van der Waals surface area contributed by atoms with E-state index in [1.165, 1.54) is 4.31 Å². The summed E-state index contributed by atoms with van der Waals surface area (Å²) in [6.07, 6.45) is -0.225. The number of sulfonamides is 1. The van der Waals surface area contributed by atoms with Crippen LogP contribution in [-0.2, 0) is 26.0 Å². The lowest BCUT2D eigenvalue weighted by Crippen LogP contribution is -2.35. The van der Waals surface area contributed by atoms with Crippen LogP contribution in [0.4, 0.5) is 0 Å². The molecule has 0 saturated carbocycles. The van der Waals surface area contributed by atoms with E-state index in [1.54, 1.807) is 12.1 Å². The molecular formula is C13H16BrNO4S. The van der Waals surface area contributed by atoms with Crippen LogP contribution in [0.15, 0.2) is 27.6 Å². The Hall–Kier alpha value is -0.470. The summed E-state index contributed by atoms with van der Waals surface area (Å²) in [5.41, 5.74) is 0.817. The van der Waals surface area contributed by atoms with E-state index in [4.69, 9.17) is 9.47 Å². The van der Waals surface area contributed by atoms with Gasteiger partial charge in [0, 0.05) is 17.6 Å². The fourth-order valence-electron chi connectivity index (χ4n) is 2.58. The van der Waals surface area contributed by atoms with Crippen molar-refractivity contribution in [1.29, 1.82) is 0 Å². The van der Waals surface area contributed by atoms with Crippen molar-refractivity contribution >= 4 is 26.0 Å². The van der Waals surface area contributed by atoms with Crippen molar-refractivity contribution in [3.05, 3.63) is 28.2 Å². The van der Waals surface area contributed by atoms with E-state index in [1.807, 2.05) is 19.9 Å². The second-order valence-electron chi connectivity index (χ2n) is 5.50. The standard InChI is InChI=1S/C13H16BrNO4S/c1-13(2)18-8-11(19-13)7-15-6-9-5-10(14)3-4-12(9)20(15,16)17/h3-5,11H,6-8H2,1-2H3/t11-/m0/s1. The number of rotatable bonds is 2. The minimum absolute atomic E-state index is 0.225. The molecule has 1 aromatic carbocycles. The van der Waals surface area contributed by atoms with E-state index in [0.717, 1.165) is 10.0 Å². The van der Waals surface area contributed by atoms with Crippen LogP contribution < -0.4 is 0 Å². The number of hydrogen-bond acceptors (Lipinski definition) is 4. The molecule has 7 heteroatoms. The van der Waals surface area contributed by atoms with Gasteiger partial charge in [0.15, 0.2) is 5.79 Å². The number of ether oxygens (including phenoxy) is 2. The number of nitrogens with zero attached hydrogens (tertiary/aromatic N) is 1. The first-order valence-electron chi connectivity index (χ1n) is 6.38. The predicted octanol–water partition coefficient (Wildman–Crippen LogP) is 2.10. The van der Waals surface area contributed by atoms with Gasteiger partial charge in [-0.1, -0.05) is 15.9 Å². The van der Waals surface area contributed by atoms with Gasteiger partial charge in [-0.25, -0.2) is 8.42 Å². The second-order valence-corrected chi connectivity index (χ2v) is 8.32. The Kier molecular flexibility index (Phi) is 3.45. The van der Waals surface area contributed by atoms with Gasteiger partial charge in [0.1, 0.15) is 0 Å². The summed E-state index contributed by atoms with van der Waals surface area (Å²) < 4.78 is 38.4. The van der Waals surface area contributed by atoms with E-state index >= 15 is 0 Å². The highest BCUT2D eigenvalue weighted by Gasteiger charge is 2.40. The van der Waals surface area contributed by atoms with Gasteiger partial charge in [0.25, 0.3) is 0 Å². The van der Waals surface area contributed by atoms with E-state index in [2.05, 4.69) is 15.9 Å². The lowest BCUT2D eigenvalue weighted by atomic mass is 10.2. The van der Waals surface area contributed by atoms with E-state index in [0.29, 0.717) is 24.6 Å². The van der Waals surface area contributed by atoms with Crippen LogP contribution in [0.25, 0.3) is 0 Å². The van der Waals surface area contributed by atoms with E-state index in [-0.39, 0.29) is 6.10 Å². The monoisotopic (exact) mass is 361 g/mol. The zero-order valence-corrected chi connectivity index (χ0v) is 13.7. The molecule has 1 atom stereocenters. The molecule has 0 aromatic heterocycles. The Morgan fingerprint density at radius 2 is 2.20 bits per heavy atom. The summed E-state index contributed by atoms with van der Waals surface area (Å²) in [4.78, 5) is 0.388. The largest absolute Gasteiger partial charge is 0.348 e. The molecule has 2 heterocycles. The number of benzene rings is 1. The van der Waals surface area contributed by atoms with Crippen molar-refractivity contribution in [2.45, 2.75) is 37.2 Å². The van der Waals surface area contributed by atoms with Gasteiger partial charge in [-0.2, -0.15) is 4.31 Å². The average Bonchev–Trinajstić information content (AvgIpc) is 2.78. The Balaban J connectivity index is 1.81. The van der Waals surface area contributed by atoms with E-state index in [9.17, 15) is 8.42 Å². The van der Waals surface area contributed by atoms with Crippen molar-refractivity contribution in [3.63, 3.8) is 0 Å². The summed E-state index contributed by atoms with van der Waals surface area (Å²) >= 11 is 3.37. The Morgan fingerprint density at radius 3 is 2.85 bits per heavy atom. The van der Waals surface area contributed by atoms with Crippen molar-refractivity contribution in [2.24, 2.45) is 0 Å². The number of hydrogen-bond donors (Lipinski definition) is 0. The van der Waals surface area contributed by atoms with Gasteiger partial charge >= 0.3 is 0 Å². The van der Waals surface area contributed by atoms with Crippen molar-refractivity contribution in [3.8, 4) is 0 Å². The molecule has 1 aromatic rings. The molecule has 0 amide bonds. The number of fused-ring (bicyclic) bond motifs is 1. The zero-order chi connectivity index (χ0) is 14.5. The smallest absolute Gasteiger partial charge is 0.243 e. The molecule has 1 saturated heterocycles. The molecule has 3 rings (SSSR count). The molecule has 0 unspecified atom stereocenters. The highest BCUT2D eigenvalue weighted by atomic mass is 79.9. The quantitative estimate of drug-likeness (QED) is 0.809. The molecule has 1 fully saturated rings. The highest BCUT2D eigenvalue weighted by molar-refractivity contribution is 9.10. The Bertz CT molecular complexity index is 644.